The van der Waals surface area contributed by atoms with Gasteiger partial charge in [0.1, 0.15) is 5.82 Å². The molecule has 1 aromatic carbocycles. The van der Waals surface area contributed by atoms with Crippen molar-refractivity contribution in [3.63, 3.8) is 0 Å². The molecule has 0 radical (unpaired) electrons. The Morgan fingerprint density at radius 2 is 1.94 bits per heavy atom. The van der Waals surface area contributed by atoms with Crippen LogP contribution in [0.5, 0.6) is 0 Å². The van der Waals surface area contributed by atoms with Crippen LogP contribution in [0.15, 0.2) is 67.9 Å². The molecule has 0 fully saturated rings. The van der Waals surface area contributed by atoms with E-state index in [9.17, 15) is 14.4 Å². The van der Waals surface area contributed by atoms with Crippen molar-refractivity contribution in [2.45, 2.75) is 25.0 Å². The number of hydrogen-bond acceptors (Lipinski definition) is 8. The molecule has 0 atom stereocenters. The number of rotatable bonds is 9. The number of anilines is 2. The van der Waals surface area contributed by atoms with E-state index >= 15 is 0 Å². The fraction of sp³-hybridized carbons (Fsp3) is 0.261. The summed E-state index contributed by atoms with van der Waals surface area (Å²) in [5.41, 5.74) is 5.75. The lowest BCUT2D eigenvalue weighted by molar-refractivity contribution is -0.116. The van der Waals surface area contributed by atoms with Gasteiger partial charge in [-0.25, -0.2) is 4.79 Å². The van der Waals surface area contributed by atoms with E-state index in [4.69, 9.17) is 10.2 Å². The van der Waals surface area contributed by atoms with Gasteiger partial charge in [-0.05, 0) is 24.1 Å². The Kier molecular flexibility index (Phi) is 7.20. The second-order valence-electron chi connectivity index (χ2n) is 7.74. The van der Waals surface area contributed by atoms with E-state index < -0.39 is 11.2 Å². The third-order valence-corrected chi connectivity index (χ3v) is 6.32. The summed E-state index contributed by atoms with van der Waals surface area (Å²) in [6.45, 7) is 2.30. The number of nitrogen functional groups attached to an aromatic ring is 1. The summed E-state index contributed by atoms with van der Waals surface area (Å²) in [6.07, 6.45) is 2.13. The maximum absolute atomic E-state index is 13.2. The first-order valence-corrected chi connectivity index (χ1v) is 11.9. The van der Waals surface area contributed by atoms with Crippen LogP contribution in [0.3, 0.4) is 0 Å². The van der Waals surface area contributed by atoms with Crippen LogP contribution in [-0.4, -0.2) is 42.5 Å². The van der Waals surface area contributed by atoms with Crippen LogP contribution in [-0.2, 0) is 18.4 Å². The quantitative estimate of drug-likeness (QED) is 0.336. The molecule has 3 heterocycles. The highest BCUT2D eigenvalue weighted by Crippen LogP contribution is 2.25. The van der Waals surface area contributed by atoms with E-state index in [0.29, 0.717) is 23.2 Å². The molecule has 1 amide bonds. The standard InChI is InChI=1S/C23H25N7O4S/c1-3-11-29(17(31)14-35-23-27-26-20(28(23)2)16-10-7-12-34-16)18-19(24)30(22(33)25-21(18)32)13-15-8-5-4-6-9-15/h4-10,12H,3,11,13-14,24H2,1-2H3,(H,25,32,33). The van der Waals surface area contributed by atoms with Crippen molar-refractivity contribution in [1.29, 1.82) is 0 Å². The lowest BCUT2D eigenvalue weighted by Crippen LogP contribution is -2.42. The van der Waals surface area contributed by atoms with Crippen LogP contribution in [0.1, 0.15) is 18.9 Å². The SMILES string of the molecule is CCCN(C(=O)CSc1nnc(-c2ccco2)n1C)c1c(N)n(Cc2ccccc2)c(=O)[nH]c1=O. The van der Waals surface area contributed by atoms with Gasteiger partial charge < -0.3 is 19.6 Å². The molecule has 0 bridgehead atoms. The van der Waals surface area contributed by atoms with E-state index in [0.717, 1.165) is 5.56 Å². The van der Waals surface area contributed by atoms with Crippen LogP contribution >= 0.6 is 11.8 Å². The molecule has 0 aliphatic rings. The number of amides is 1. The summed E-state index contributed by atoms with van der Waals surface area (Å²) in [4.78, 5) is 42.1. The maximum Gasteiger partial charge on any atom is 0.330 e. The highest BCUT2D eigenvalue weighted by Gasteiger charge is 2.25. The Hall–Kier alpha value is -4.06. The van der Waals surface area contributed by atoms with Crippen molar-refractivity contribution in [2.24, 2.45) is 7.05 Å². The number of nitrogens with two attached hydrogens (primary N) is 1. The van der Waals surface area contributed by atoms with Crippen LogP contribution < -0.4 is 21.9 Å². The lowest BCUT2D eigenvalue weighted by Gasteiger charge is -2.24. The summed E-state index contributed by atoms with van der Waals surface area (Å²) in [6, 6.07) is 12.8. The van der Waals surface area contributed by atoms with E-state index in [1.54, 1.807) is 30.0 Å². The average molecular weight is 496 g/mol. The van der Waals surface area contributed by atoms with Gasteiger partial charge in [0, 0.05) is 13.6 Å². The monoisotopic (exact) mass is 495 g/mol. The van der Waals surface area contributed by atoms with Gasteiger partial charge in [-0.1, -0.05) is 49.0 Å². The van der Waals surface area contributed by atoms with Crippen molar-refractivity contribution in [2.75, 3.05) is 22.9 Å². The van der Waals surface area contributed by atoms with Crippen molar-refractivity contribution in [3.05, 3.63) is 75.1 Å². The number of benzene rings is 1. The molecule has 0 unspecified atom stereocenters. The normalized spacial score (nSPS) is 11.0. The molecule has 3 N–H and O–H groups in total. The highest BCUT2D eigenvalue weighted by atomic mass is 32.2. The minimum absolute atomic E-state index is 0.0131. The second-order valence-corrected chi connectivity index (χ2v) is 8.68. The molecule has 4 rings (SSSR count). The zero-order chi connectivity index (χ0) is 24.9. The first-order chi connectivity index (χ1) is 16.9. The maximum atomic E-state index is 13.2. The average Bonchev–Trinajstić information content (AvgIpc) is 3.50. The summed E-state index contributed by atoms with van der Waals surface area (Å²) in [5.74, 6) is 0.672. The van der Waals surface area contributed by atoms with Gasteiger partial charge in [0.25, 0.3) is 5.56 Å². The number of furan rings is 1. The van der Waals surface area contributed by atoms with E-state index in [2.05, 4.69) is 15.2 Å². The molecule has 3 aromatic heterocycles. The molecule has 35 heavy (non-hydrogen) atoms. The fourth-order valence-corrected chi connectivity index (χ4v) is 4.40. The third-order valence-electron chi connectivity index (χ3n) is 5.32. The predicted octanol–water partition coefficient (Wildman–Crippen LogP) is 2.09. The first-order valence-electron chi connectivity index (χ1n) is 10.9. The largest absolute Gasteiger partial charge is 0.461 e. The number of carbonyl (C=O) groups excluding carboxylic acids is 1. The summed E-state index contributed by atoms with van der Waals surface area (Å²) in [5, 5.41) is 8.77. The summed E-state index contributed by atoms with van der Waals surface area (Å²) >= 11 is 1.18. The van der Waals surface area contributed by atoms with Crippen molar-refractivity contribution >= 4 is 29.2 Å². The zero-order valence-electron chi connectivity index (χ0n) is 19.3. The van der Waals surface area contributed by atoms with Crippen molar-refractivity contribution in [3.8, 4) is 11.6 Å². The molecule has 0 saturated carbocycles. The molecule has 0 aliphatic carbocycles. The summed E-state index contributed by atoms with van der Waals surface area (Å²) in [7, 11) is 1.77. The van der Waals surface area contributed by atoms with Crippen molar-refractivity contribution in [1.82, 2.24) is 24.3 Å². The number of aromatic amines is 1. The zero-order valence-corrected chi connectivity index (χ0v) is 20.1. The molecular formula is C23H25N7O4S. The molecule has 0 saturated heterocycles. The number of nitrogens with zero attached hydrogens (tertiary/aromatic N) is 5. The van der Waals surface area contributed by atoms with Crippen LogP contribution in [0.2, 0.25) is 0 Å². The van der Waals surface area contributed by atoms with Gasteiger partial charge in [0.2, 0.25) is 5.91 Å². The number of thioether (sulfide) groups is 1. The Morgan fingerprint density at radius 1 is 1.17 bits per heavy atom. The van der Waals surface area contributed by atoms with Crippen LogP contribution in [0.4, 0.5) is 11.5 Å². The Morgan fingerprint density at radius 3 is 2.63 bits per heavy atom. The molecule has 0 aliphatic heterocycles. The fourth-order valence-electron chi connectivity index (χ4n) is 3.61. The first kappa shape index (κ1) is 24.1. The Balaban J connectivity index is 1.60. The third kappa shape index (κ3) is 5.06. The molecule has 4 aromatic rings. The Bertz CT molecular complexity index is 1420. The summed E-state index contributed by atoms with van der Waals surface area (Å²) < 4.78 is 8.35. The minimum Gasteiger partial charge on any atom is -0.461 e. The Labute approximate surface area is 204 Å². The van der Waals surface area contributed by atoms with Gasteiger partial charge in [0.15, 0.2) is 22.4 Å². The molecule has 0 spiro atoms. The van der Waals surface area contributed by atoms with Gasteiger partial charge in [-0.15, -0.1) is 10.2 Å². The van der Waals surface area contributed by atoms with Gasteiger partial charge in [-0.3, -0.25) is 19.1 Å². The van der Waals surface area contributed by atoms with Crippen molar-refractivity contribution < 1.29 is 9.21 Å². The van der Waals surface area contributed by atoms with Crippen LogP contribution in [0.25, 0.3) is 11.6 Å². The van der Waals surface area contributed by atoms with E-state index in [1.807, 2.05) is 37.3 Å². The second kappa shape index (κ2) is 10.5. The smallest absolute Gasteiger partial charge is 0.330 e. The predicted molar refractivity (Wildman–Crippen MR) is 133 cm³/mol. The minimum atomic E-state index is -0.706. The van der Waals surface area contributed by atoms with Gasteiger partial charge in [-0.2, -0.15) is 0 Å². The highest BCUT2D eigenvalue weighted by molar-refractivity contribution is 7.99. The number of hydrogen-bond donors (Lipinski definition) is 2. The lowest BCUT2D eigenvalue weighted by atomic mass is 10.2. The molecule has 11 nitrogen and oxygen atoms in total. The topological polar surface area (TPSA) is 145 Å². The molecule has 12 heteroatoms. The number of nitrogens with one attached hydrogen (secondary N) is 1. The van der Waals surface area contributed by atoms with E-state index in [1.165, 1.54) is 21.2 Å². The number of carbonyl (C=O) groups is 1. The number of aromatic nitrogens is 5. The van der Waals surface area contributed by atoms with Crippen LogP contribution in [0, 0.1) is 0 Å². The molecule has 182 valence electrons. The van der Waals surface area contributed by atoms with Gasteiger partial charge in [0.05, 0.1) is 18.6 Å². The van der Waals surface area contributed by atoms with Gasteiger partial charge >= 0.3 is 5.69 Å². The number of H-pyrrole nitrogens is 1. The molecular weight excluding hydrogens is 470 g/mol. The van der Waals surface area contributed by atoms with E-state index in [-0.39, 0.29) is 36.3 Å².